The lowest BCUT2D eigenvalue weighted by Crippen LogP contribution is -2.41. The van der Waals surface area contributed by atoms with Crippen molar-refractivity contribution < 1.29 is 46.8 Å². The summed E-state index contributed by atoms with van der Waals surface area (Å²) in [5, 5.41) is 22.6. The largest absolute Gasteiger partial charge is 0.507 e. The van der Waals surface area contributed by atoms with Gasteiger partial charge in [-0.2, -0.15) is 13.2 Å². The van der Waals surface area contributed by atoms with Crippen LogP contribution in [0.2, 0.25) is 0 Å². The first-order chi connectivity index (χ1) is 16.7. The van der Waals surface area contributed by atoms with Crippen LogP contribution in [0, 0.1) is 0 Å². The number of anilines is 1. The van der Waals surface area contributed by atoms with Gasteiger partial charge in [0, 0.05) is 29.7 Å². The fourth-order valence-corrected chi connectivity index (χ4v) is 4.70. The zero-order valence-electron chi connectivity index (χ0n) is 18.0. The van der Waals surface area contributed by atoms with E-state index in [1.165, 1.54) is 24.3 Å². The first-order valence-electron chi connectivity index (χ1n) is 10.8. The van der Waals surface area contributed by atoms with Crippen LogP contribution in [-0.4, -0.2) is 35.9 Å². The molecule has 4 heterocycles. The van der Waals surface area contributed by atoms with Crippen molar-refractivity contribution in [3.05, 3.63) is 64.6 Å². The zero-order chi connectivity index (χ0) is 24.5. The summed E-state index contributed by atoms with van der Waals surface area (Å²) in [7, 11) is 0. The number of carbonyl (C=O) groups is 1. The van der Waals surface area contributed by atoms with Crippen LogP contribution in [0.4, 0.5) is 18.9 Å². The van der Waals surface area contributed by atoms with Crippen molar-refractivity contribution >= 4 is 11.6 Å². The number of hydrogen-bond acceptors (Lipinski definition) is 7. The summed E-state index contributed by atoms with van der Waals surface area (Å²) in [5.41, 5.74) is -1.40. The molecule has 2 aromatic carbocycles. The molecule has 0 fully saturated rings. The van der Waals surface area contributed by atoms with Crippen molar-refractivity contribution in [3.8, 4) is 23.0 Å². The monoisotopic (exact) mass is 489 g/mol. The quantitative estimate of drug-likeness (QED) is 0.581. The molecule has 1 aromatic heterocycles. The smallest absolute Gasteiger partial charge is 0.449 e. The van der Waals surface area contributed by atoms with E-state index in [2.05, 4.69) is 0 Å². The Hall–Kier alpha value is -3.86. The molecule has 0 aliphatic carbocycles. The number of aromatic hydroxyl groups is 1. The van der Waals surface area contributed by atoms with Crippen molar-refractivity contribution in [3.63, 3.8) is 0 Å². The number of fused-ring (bicyclic) bond motifs is 3. The molecule has 0 saturated carbocycles. The number of phenols is 1. The van der Waals surface area contributed by atoms with Gasteiger partial charge in [0.1, 0.15) is 30.5 Å². The molecule has 35 heavy (non-hydrogen) atoms. The van der Waals surface area contributed by atoms with Crippen LogP contribution >= 0.6 is 0 Å². The summed E-state index contributed by atoms with van der Waals surface area (Å²) in [4.78, 5) is 14.9. The molecule has 3 aliphatic heterocycles. The van der Waals surface area contributed by atoms with Crippen molar-refractivity contribution in [2.24, 2.45) is 0 Å². The summed E-state index contributed by atoms with van der Waals surface area (Å²) in [6, 6.07) is 7.68. The van der Waals surface area contributed by atoms with E-state index in [0.29, 0.717) is 35.8 Å². The molecular weight excluding hydrogens is 471 g/mol. The third-order valence-electron chi connectivity index (χ3n) is 6.35. The third kappa shape index (κ3) is 3.22. The number of rotatable bonds is 3. The number of ether oxygens (including phenoxy) is 3. The number of aliphatic hydroxyl groups is 1. The van der Waals surface area contributed by atoms with Gasteiger partial charge in [0.05, 0.1) is 18.8 Å². The van der Waals surface area contributed by atoms with Crippen molar-refractivity contribution in [2.75, 3.05) is 24.7 Å². The van der Waals surface area contributed by atoms with Gasteiger partial charge < -0.3 is 33.7 Å². The Kier molecular flexibility index (Phi) is 4.53. The molecule has 3 aliphatic rings. The molecule has 6 rings (SSSR count). The molecule has 0 radical (unpaired) electrons. The van der Waals surface area contributed by atoms with Gasteiger partial charge >= 0.3 is 6.18 Å². The Balaban J connectivity index is 1.49. The summed E-state index contributed by atoms with van der Waals surface area (Å²) < 4.78 is 60.7. The number of alkyl halides is 3. The van der Waals surface area contributed by atoms with E-state index < -0.39 is 30.0 Å². The van der Waals surface area contributed by atoms with Crippen LogP contribution in [0.25, 0.3) is 0 Å². The summed E-state index contributed by atoms with van der Waals surface area (Å²) >= 11 is 0. The number of furan rings is 1. The van der Waals surface area contributed by atoms with E-state index in [1.54, 1.807) is 0 Å². The van der Waals surface area contributed by atoms with E-state index in [-0.39, 0.29) is 41.5 Å². The number of benzene rings is 2. The van der Waals surface area contributed by atoms with Gasteiger partial charge in [0.25, 0.3) is 5.91 Å². The molecule has 11 heteroatoms. The Morgan fingerprint density at radius 3 is 2.37 bits per heavy atom. The van der Waals surface area contributed by atoms with Crippen LogP contribution in [0.5, 0.6) is 23.0 Å². The fraction of sp³-hybridized carbons (Fsp3) is 0.292. The molecule has 0 spiro atoms. The van der Waals surface area contributed by atoms with Crippen LogP contribution in [-0.2, 0) is 29.5 Å². The number of halogens is 3. The Morgan fingerprint density at radius 2 is 1.66 bits per heavy atom. The van der Waals surface area contributed by atoms with E-state index in [4.69, 9.17) is 18.6 Å². The second kappa shape index (κ2) is 7.32. The van der Waals surface area contributed by atoms with Crippen LogP contribution in [0.1, 0.15) is 28.2 Å². The maximum atomic E-state index is 13.7. The number of nitrogens with zero attached hydrogens (tertiary/aromatic N) is 1. The lowest BCUT2D eigenvalue weighted by molar-refractivity contribution is -0.153. The van der Waals surface area contributed by atoms with Crippen molar-refractivity contribution in [1.82, 2.24) is 0 Å². The fourth-order valence-electron chi connectivity index (χ4n) is 4.70. The minimum atomic E-state index is -4.69. The highest BCUT2D eigenvalue weighted by atomic mass is 19.4. The van der Waals surface area contributed by atoms with Crippen molar-refractivity contribution in [1.29, 1.82) is 0 Å². The predicted octanol–water partition coefficient (Wildman–Crippen LogP) is 3.49. The lowest BCUT2D eigenvalue weighted by atomic mass is 9.85. The molecule has 8 nitrogen and oxygen atoms in total. The number of phenolic OH excluding ortho intramolecular Hbond substituents is 1. The average Bonchev–Trinajstić information content (AvgIpc) is 3.53. The van der Waals surface area contributed by atoms with Gasteiger partial charge in [-0.15, -0.1) is 0 Å². The number of amides is 1. The standard InChI is InChI=1S/C24H18F3NO7/c25-24(26,27)21-2-1-13(35-21)11-28-16-9-20-19(33-5-6-34-20)8-14(16)23(31,22(28)30)15-7-12-3-4-32-18(12)10-17(15)29/h1-2,7-10,29,31H,3-6,11H2. The molecular formula is C24H18F3NO7. The third-order valence-corrected chi connectivity index (χ3v) is 6.35. The lowest BCUT2D eigenvalue weighted by Gasteiger charge is -2.25. The highest BCUT2D eigenvalue weighted by Gasteiger charge is 2.54. The molecule has 1 amide bonds. The molecule has 2 N–H and O–H groups in total. The second-order valence-corrected chi connectivity index (χ2v) is 8.45. The number of carbonyl (C=O) groups excluding carboxylic acids is 1. The molecule has 0 bridgehead atoms. The minimum absolute atomic E-state index is 0.0670. The molecule has 3 aromatic rings. The van der Waals surface area contributed by atoms with Crippen LogP contribution in [0.3, 0.4) is 0 Å². The first kappa shape index (κ1) is 21.7. The topological polar surface area (TPSA) is 102 Å². The highest BCUT2D eigenvalue weighted by Crippen LogP contribution is 2.52. The molecule has 0 saturated heterocycles. The predicted molar refractivity (Wildman–Crippen MR) is 113 cm³/mol. The first-order valence-corrected chi connectivity index (χ1v) is 10.8. The van der Waals surface area contributed by atoms with Gasteiger partial charge in [-0.3, -0.25) is 4.79 Å². The molecule has 182 valence electrons. The van der Waals surface area contributed by atoms with E-state index in [9.17, 15) is 28.2 Å². The molecule has 1 atom stereocenters. The van der Waals surface area contributed by atoms with E-state index >= 15 is 0 Å². The van der Waals surface area contributed by atoms with Crippen LogP contribution in [0.15, 0.2) is 40.8 Å². The Morgan fingerprint density at radius 1 is 0.943 bits per heavy atom. The van der Waals surface area contributed by atoms with Crippen LogP contribution < -0.4 is 19.1 Å². The Bertz CT molecular complexity index is 1370. The highest BCUT2D eigenvalue weighted by molar-refractivity contribution is 6.09. The van der Waals surface area contributed by atoms with Gasteiger partial charge in [0.2, 0.25) is 11.4 Å². The van der Waals surface area contributed by atoms with E-state index in [0.717, 1.165) is 17.0 Å². The zero-order valence-corrected chi connectivity index (χ0v) is 18.0. The van der Waals surface area contributed by atoms with Gasteiger partial charge in [-0.05, 0) is 29.8 Å². The normalized spacial score (nSPS) is 20.6. The SMILES string of the molecule is O=C1N(Cc2ccc(C(F)(F)F)o2)c2cc3c(cc2C1(O)c1cc2c(cc1O)OCC2)OCCO3. The summed E-state index contributed by atoms with van der Waals surface area (Å²) in [5.74, 6) is -1.50. The van der Waals surface area contributed by atoms with Gasteiger partial charge in [0.15, 0.2) is 11.5 Å². The average molecular weight is 489 g/mol. The van der Waals surface area contributed by atoms with Crippen molar-refractivity contribution in [2.45, 2.75) is 24.7 Å². The second-order valence-electron chi connectivity index (χ2n) is 8.45. The Labute approximate surface area is 196 Å². The maximum absolute atomic E-state index is 13.7. The van der Waals surface area contributed by atoms with Gasteiger partial charge in [-0.25, -0.2) is 0 Å². The summed E-state index contributed by atoms with van der Waals surface area (Å²) in [6.07, 6.45) is -4.16. The minimum Gasteiger partial charge on any atom is -0.507 e. The van der Waals surface area contributed by atoms with Gasteiger partial charge in [-0.1, -0.05) is 0 Å². The number of hydrogen-bond donors (Lipinski definition) is 2. The molecule has 1 unspecified atom stereocenters. The summed E-state index contributed by atoms with van der Waals surface area (Å²) in [6.45, 7) is 0.531. The maximum Gasteiger partial charge on any atom is 0.449 e. The van der Waals surface area contributed by atoms with E-state index in [1.807, 2.05) is 0 Å².